The molecule has 0 radical (unpaired) electrons. The van der Waals surface area contributed by atoms with Gasteiger partial charge in [-0.1, -0.05) is 18.2 Å². The van der Waals surface area contributed by atoms with Crippen LogP contribution in [0.25, 0.3) is 15.9 Å². The van der Waals surface area contributed by atoms with Crippen molar-refractivity contribution in [3.63, 3.8) is 0 Å². The number of thiophene rings is 1. The van der Waals surface area contributed by atoms with E-state index in [4.69, 9.17) is 0 Å². The Hall–Kier alpha value is -2.07. The fraction of sp³-hybridized carbons (Fsp3) is 0.278. The number of piperidine rings is 1. The van der Waals surface area contributed by atoms with Crippen LogP contribution in [-0.4, -0.2) is 28.5 Å². The molecule has 3 heterocycles. The number of hydrogen-bond donors (Lipinski definition) is 0. The summed E-state index contributed by atoms with van der Waals surface area (Å²) >= 11 is 1.58. The van der Waals surface area contributed by atoms with Crippen molar-refractivity contribution in [3.8, 4) is 5.00 Å². The Bertz CT molecular complexity index is 811. The van der Waals surface area contributed by atoms with Crippen molar-refractivity contribution >= 4 is 28.1 Å². The minimum atomic E-state index is 0.187. The first-order valence-corrected chi connectivity index (χ1v) is 8.60. The fourth-order valence-corrected chi connectivity index (χ4v) is 4.07. The highest BCUT2D eigenvalue weighted by molar-refractivity contribution is 7.16. The summed E-state index contributed by atoms with van der Waals surface area (Å²) in [5, 5.41) is 2.32. The summed E-state index contributed by atoms with van der Waals surface area (Å²) in [6, 6.07) is 14.4. The van der Waals surface area contributed by atoms with Crippen molar-refractivity contribution in [2.45, 2.75) is 19.3 Å². The van der Waals surface area contributed by atoms with Crippen LogP contribution in [-0.2, 0) is 0 Å². The van der Waals surface area contributed by atoms with Gasteiger partial charge in [0.25, 0.3) is 5.91 Å². The highest BCUT2D eigenvalue weighted by atomic mass is 32.1. The molecule has 3 aromatic rings. The van der Waals surface area contributed by atoms with Crippen molar-refractivity contribution in [2.75, 3.05) is 13.1 Å². The summed E-state index contributed by atoms with van der Waals surface area (Å²) in [5.41, 5.74) is 1.18. The molecule has 0 aliphatic carbocycles. The molecule has 22 heavy (non-hydrogen) atoms. The van der Waals surface area contributed by atoms with Gasteiger partial charge >= 0.3 is 0 Å². The lowest BCUT2D eigenvalue weighted by atomic mass is 10.1. The molecule has 0 atom stereocenters. The normalized spacial score (nSPS) is 15.4. The number of aromatic nitrogens is 1. The summed E-state index contributed by atoms with van der Waals surface area (Å²) in [7, 11) is 0. The van der Waals surface area contributed by atoms with E-state index in [1.165, 1.54) is 17.3 Å². The zero-order valence-electron chi connectivity index (χ0n) is 12.4. The van der Waals surface area contributed by atoms with Crippen LogP contribution in [0.1, 0.15) is 28.9 Å². The minimum Gasteiger partial charge on any atom is -0.338 e. The molecular weight excluding hydrogens is 292 g/mol. The quantitative estimate of drug-likeness (QED) is 0.692. The van der Waals surface area contributed by atoms with Crippen molar-refractivity contribution in [2.24, 2.45) is 0 Å². The first-order valence-electron chi connectivity index (χ1n) is 7.78. The maximum absolute atomic E-state index is 12.6. The van der Waals surface area contributed by atoms with Crippen LogP contribution < -0.4 is 0 Å². The second-order valence-electron chi connectivity index (χ2n) is 5.74. The van der Waals surface area contributed by atoms with Crippen LogP contribution in [0.2, 0.25) is 0 Å². The lowest BCUT2D eigenvalue weighted by Crippen LogP contribution is -2.35. The van der Waals surface area contributed by atoms with E-state index in [0.717, 1.165) is 35.8 Å². The third-order valence-electron chi connectivity index (χ3n) is 4.28. The van der Waals surface area contributed by atoms with E-state index in [9.17, 15) is 4.79 Å². The van der Waals surface area contributed by atoms with E-state index >= 15 is 0 Å². The van der Waals surface area contributed by atoms with Crippen molar-refractivity contribution < 1.29 is 4.79 Å². The average Bonchev–Trinajstić information content (AvgIpc) is 3.21. The molecule has 4 rings (SSSR count). The van der Waals surface area contributed by atoms with Crippen LogP contribution in [0.15, 0.2) is 48.7 Å². The molecule has 1 aromatic carbocycles. The highest BCUT2D eigenvalue weighted by Gasteiger charge is 2.20. The molecule has 0 spiro atoms. The van der Waals surface area contributed by atoms with Crippen LogP contribution in [0.4, 0.5) is 0 Å². The molecule has 0 unspecified atom stereocenters. The predicted molar refractivity (Wildman–Crippen MR) is 90.9 cm³/mol. The zero-order valence-corrected chi connectivity index (χ0v) is 13.2. The number of para-hydroxylation sites is 1. The molecule has 2 aromatic heterocycles. The number of benzene rings is 1. The molecule has 1 amide bonds. The van der Waals surface area contributed by atoms with Gasteiger partial charge in [-0.25, -0.2) is 0 Å². The fourth-order valence-electron chi connectivity index (χ4n) is 3.10. The lowest BCUT2D eigenvalue weighted by Gasteiger charge is -2.26. The second kappa shape index (κ2) is 5.61. The number of likely N-dealkylation sites (tertiary alicyclic amines) is 1. The van der Waals surface area contributed by atoms with Gasteiger partial charge in [-0.15, -0.1) is 11.3 Å². The molecule has 1 aliphatic rings. The SMILES string of the molecule is O=C(c1ccc(-n2ccc3ccccc32)s1)N1CCCCC1. The molecule has 4 heteroatoms. The van der Waals surface area contributed by atoms with E-state index in [1.807, 2.05) is 29.2 Å². The topological polar surface area (TPSA) is 25.2 Å². The number of carbonyl (C=O) groups is 1. The van der Waals surface area contributed by atoms with Crippen LogP contribution in [0, 0.1) is 0 Å². The average molecular weight is 310 g/mol. The summed E-state index contributed by atoms with van der Waals surface area (Å²) < 4.78 is 2.16. The summed E-state index contributed by atoms with van der Waals surface area (Å²) in [6.07, 6.45) is 5.58. The van der Waals surface area contributed by atoms with Gasteiger partial charge in [0.2, 0.25) is 0 Å². The largest absolute Gasteiger partial charge is 0.338 e. The molecular formula is C18H18N2OS. The first kappa shape index (κ1) is 13.6. The van der Waals surface area contributed by atoms with E-state index in [0.29, 0.717) is 0 Å². The van der Waals surface area contributed by atoms with Crippen molar-refractivity contribution in [1.82, 2.24) is 9.47 Å². The van der Waals surface area contributed by atoms with Gasteiger partial charge in [-0.3, -0.25) is 4.79 Å². The van der Waals surface area contributed by atoms with Gasteiger partial charge in [0.05, 0.1) is 10.4 Å². The van der Waals surface area contributed by atoms with Gasteiger partial charge in [0.1, 0.15) is 5.00 Å². The second-order valence-corrected chi connectivity index (χ2v) is 6.80. The van der Waals surface area contributed by atoms with Gasteiger partial charge in [-0.2, -0.15) is 0 Å². The third-order valence-corrected chi connectivity index (χ3v) is 5.36. The zero-order chi connectivity index (χ0) is 14.9. The Labute approximate surface area is 133 Å². The minimum absolute atomic E-state index is 0.187. The van der Waals surface area contributed by atoms with E-state index in [1.54, 1.807) is 11.3 Å². The Balaban J connectivity index is 1.65. The Morgan fingerprint density at radius 2 is 1.77 bits per heavy atom. The van der Waals surface area contributed by atoms with E-state index < -0.39 is 0 Å². The molecule has 0 N–H and O–H groups in total. The van der Waals surface area contributed by atoms with E-state index in [2.05, 4.69) is 29.0 Å². The number of fused-ring (bicyclic) bond motifs is 1. The molecule has 3 nitrogen and oxygen atoms in total. The highest BCUT2D eigenvalue weighted by Crippen LogP contribution is 2.27. The molecule has 1 saturated heterocycles. The number of amides is 1. The smallest absolute Gasteiger partial charge is 0.263 e. The van der Waals surface area contributed by atoms with E-state index in [-0.39, 0.29) is 5.91 Å². The lowest BCUT2D eigenvalue weighted by molar-refractivity contribution is 0.0729. The van der Waals surface area contributed by atoms with Crippen LogP contribution in [0.3, 0.4) is 0 Å². The van der Waals surface area contributed by atoms with Gasteiger partial charge in [0, 0.05) is 19.3 Å². The monoisotopic (exact) mass is 310 g/mol. The Kier molecular flexibility index (Phi) is 3.47. The maximum atomic E-state index is 12.6. The molecule has 0 bridgehead atoms. The first-order chi connectivity index (χ1) is 10.8. The summed E-state index contributed by atoms with van der Waals surface area (Å²) in [5.74, 6) is 0.187. The van der Waals surface area contributed by atoms with Crippen LogP contribution >= 0.6 is 11.3 Å². The Morgan fingerprint density at radius 1 is 0.955 bits per heavy atom. The molecule has 112 valence electrons. The van der Waals surface area contributed by atoms with Gasteiger partial charge in [-0.05, 0) is 48.9 Å². The van der Waals surface area contributed by atoms with Crippen molar-refractivity contribution in [3.05, 3.63) is 53.5 Å². The standard InChI is InChI=1S/C18H18N2OS/c21-18(19-11-4-1-5-12-19)16-8-9-17(22-16)20-13-10-14-6-2-3-7-15(14)20/h2-3,6-10,13H,1,4-5,11-12H2. The molecule has 1 aliphatic heterocycles. The maximum Gasteiger partial charge on any atom is 0.263 e. The number of hydrogen-bond acceptors (Lipinski definition) is 2. The van der Waals surface area contributed by atoms with Crippen molar-refractivity contribution in [1.29, 1.82) is 0 Å². The predicted octanol–water partition coefficient (Wildman–Crippen LogP) is 4.32. The summed E-state index contributed by atoms with van der Waals surface area (Å²) in [4.78, 5) is 15.4. The van der Waals surface area contributed by atoms with Crippen LogP contribution in [0.5, 0.6) is 0 Å². The van der Waals surface area contributed by atoms with Gasteiger partial charge in [0.15, 0.2) is 0 Å². The Morgan fingerprint density at radius 3 is 2.64 bits per heavy atom. The number of rotatable bonds is 2. The third kappa shape index (κ3) is 2.33. The van der Waals surface area contributed by atoms with Gasteiger partial charge < -0.3 is 9.47 Å². The number of carbonyl (C=O) groups excluding carboxylic acids is 1. The number of nitrogens with zero attached hydrogens (tertiary/aromatic N) is 2. The summed E-state index contributed by atoms with van der Waals surface area (Å²) in [6.45, 7) is 1.80. The molecule has 0 saturated carbocycles. The molecule has 1 fully saturated rings.